The molecule has 1 unspecified atom stereocenters. The van der Waals surface area contributed by atoms with Gasteiger partial charge in [0.15, 0.2) is 0 Å². The Morgan fingerprint density at radius 1 is 1.11 bits per heavy atom. The Balaban J connectivity index is 0.00000172. The molecule has 38 heavy (non-hydrogen) atoms. The smallest absolute Gasteiger partial charge is 0.416 e. The minimum Gasteiger partial charge on any atom is -0.443 e. The van der Waals surface area contributed by atoms with Gasteiger partial charge in [0.2, 0.25) is 0 Å². The van der Waals surface area contributed by atoms with Gasteiger partial charge >= 0.3 is 6.09 Å². The number of rotatable bonds is 10. The number of fused-ring (bicyclic) bond motifs is 1. The standard InChI is InChI=1S/C28H41N3O3.CH3F.H2S2/c1-22-16-18-31(27(32)34-28(2,3)4)26-25(22)15-14-24(29-26)13-9-10-17-30(19-20-33-5)21-23-11-7-6-8-12-23;2*1-2/h6-8,11-12,14-15,22H,9-10,13,16-21H2,1-5H3;1H3;1-2H. The summed E-state index contributed by atoms with van der Waals surface area (Å²) in [5, 5.41) is 0. The third kappa shape index (κ3) is 11.9. The van der Waals surface area contributed by atoms with E-state index < -0.39 is 5.60 Å². The van der Waals surface area contributed by atoms with E-state index in [4.69, 9.17) is 14.5 Å². The number of aromatic nitrogens is 1. The van der Waals surface area contributed by atoms with Crippen LogP contribution in [0.2, 0.25) is 0 Å². The molecule has 2 aromatic rings. The highest BCUT2D eigenvalue weighted by Crippen LogP contribution is 2.34. The quantitative estimate of drug-likeness (QED) is 0.181. The molecule has 1 amide bonds. The number of anilines is 1. The molecule has 1 aromatic carbocycles. The summed E-state index contributed by atoms with van der Waals surface area (Å²) in [4.78, 5) is 21.9. The van der Waals surface area contributed by atoms with E-state index in [2.05, 4.69) is 77.6 Å². The second-order valence-electron chi connectivity index (χ2n) is 10.2. The first-order valence-corrected chi connectivity index (χ1v) is 14.7. The van der Waals surface area contributed by atoms with Crippen LogP contribution in [0.4, 0.5) is 15.0 Å². The first-order valence-electron chi connectivity index (χ1n) is 13.1. The van der Waals surface area contributed by atoms with E-state index in [1.807, 2.05) is 20.8 Å². The van der Waals surface area contributed by atoms with Gasteiger partial charge in [-0.3, -0.25) is 14.2 Å². The predicted octanol–water partition coefficient (Wildman–Crippen LogP) is 7.15. The molecule has 1 aliphatic heterocycles. The Morgan fingerprint density at radius 2 is 1.79 bits per heavy atom. The Bertz CT molecular complexity index is 929. The van der Waals surface area contributed by atoms with Crippen molar-refractivity contribution in [1.29, 1.82) is 0 Å². The highest BCUT2D eigenvalue weighted by Gasteiger charge is 2.31. The van der Waals surface area contributed by atoms with Crippen LogP contribution in [-0.4, -0.2) is 62.1 Å². The number of halogens is 1. The molecule has 1 aromatic heterocycles. The number of carbonyl (C=O) groups is 1. The maximum absolute atomic E-state index is 12.8. The van der Waals surface area contributed by atoms with Crippen molar-refractivity contribution in [1.82, 2.24) is 9.88 Å². The molecule has 0 spiro atoms. The van der Waals surface area contributed by atoms with Crippen LogP contribution in [0.3, 0.4) is 0 Å². The number of benzene rings is 1. The van der Waals surface area contributed by atoms with Crippen LogP contribution >= 0.6 is 23.3 Å². The van der Waals surface area contributed by atoms with Crippen LogP contribution in [0.5, 0.6) is 0 Å². The van der Waals surface area contributed by atoms with Gasteiger partial charge in [-0.1, -0.05) is 43.3 Å². The summed E-state index contributed by atoms with van der Waals surface area (Å²) in [6, 6.07) is 14.9. The molecule has 0 bridgehead atoms. The minimum absolute atomic E-state index is 0.306. The molecule has 1 aliphatic rings. The molecule has 0 saturated carbocycles. The number of hydrogen-bond donors (Lipinski definition) is 2. The van der Waals surface area contributed by atoms with Crippen molar-refractivity contribution in [3.05, 3.63) is 59.3 Å². The third-order valence-corrected chi connectivity index (χ3v) is 6.17. The Labute approximate surface area is 239 Å². The number of thiol groups is 2. The van der Waals surface area contributed by atoms with Crippen LogP contribution in [0.25, 0.3) is 0 Å². The summed E-state index contributed by atoms with van der Waals surface area (Å²) in [5.41, 5.74) is 2.97. The van der Waals surface area contributed by atoms with Gasteiger partial charge in [0.25, 0.3) is 0 Å². The Hall–Kier alpha value is -1.81. The van der Waals surface area contributed by atoms with E-state index in [0.29, 0.717) is 19.6 Å². The van der Waals surface area contributed by atoms with Crippen molar-refractivity contribution >= 4 is 35.2 Å². The number of amides is 1. The first-order chi connectivity index (χ1) is 18.3. The average Bonchev–Trinajstić information content (AvgIpc) is 2.91. The van der Waals surface area contributed by atoms with Crippen LogP contribution in [-0.2, 0) is 22.4 Å². The van der Waals surface area contributed by atoms with E-state index in [9.17, 15) is 9.18 Å². The van der Waals surface area contributed by atoms with Gasteiger partial charge in [0, 0.05) is 32.4 Å². The van der Waals surface area contributed by atoms with Crippen molar-refractivity contribution in [2.45, 2.75) is 71.4 Å². The Morgan fingerprint density at radius 3 is 2.42 bits per heavy atom. The number of hydrogen-bond acceptors (Lipinski definition) is 7. The zero-order valence-corrected chi connectivity index (χ0v) is 25.6. The third-order valence-electron chi connectivity index (χ3n) is 6.17. The number of aryl methyl sites for hydroxylation is 1. The molecule has 1 atom stereocenters. The summed E-state index contributed by atoms with van der Waals surface area (Å²) in [5.74, 6) is 1.17. The average molecular weight is 568 g/mol. The highest BCUT2D eigenvalue weighted by molar-refractivity contribution is 8.59. The Kier molecular flexibility index (Phi) is 16.6. The van der Waals surface area contributed by atoms with Crippen molar-refractivity contribution in [2.24, 2.45) is 0 Å². The molecule has 0 aliphatic carbocycles. The second kappa shape index (κ2) is 18.5. The summed E-state index contributed by atoms with van der Waals surface area (Å²) < 4.78 is 20.5. The van der Waals surface area contributed by atoms with Crippen molar-refractivity contribution in [3.8, 4) is 0 Å². The highest BCUT2D eigenvalue weighted by atomic mass is 33.1. The largest absolute Gasteiger partial charge is 0.443 e. The van der Waals surface area contributed by atoms with E-state index in [1.54, 1.807) is 12.0 Å². The van der Waals surface area contributed by atoms with Gasteiger partial charge in [0.05, 0.1) is 13.8 Å². The van der Waals surface area contributed by atoms with Crippen molar-refractivity contribution in [2.75, 3.05) is 45.4 Å². The zero-order valence-electron chi connectivity index (χ0n) is 23.8. The van der Waals surface area contributed by atoms with E-state index >= 15 is 0 Å². The lowest BCUT2D eigenvalue weighted by Crippen LogP contribution is -2.41. The molecule has 0 N–H and O–H groups in total. The lowest BCUT2D eigenvalue weighted by molar-refractivity contribution is 0.0575. The van der Waals surface area contributed by atoms with Crippen LogP contribution in [0.1, 0.15) is 69.7 Å². The number of ether oxygens (including phenoxy) is 2. The molecule has 0 radical (unpaired) electrons. The van der Waals surface area contributed by atoms with Gasteiger partial charge < -0.3 is 9.47 Å². The van der Waals surface area contributed by atoms with Gasteiger partial charge in [-0.05, 0) is 76.1 Å². The maximum atomic E-state index is 12.8. The van der Waals surface area contributed by atoms with Crippen LogP contribution in [0.15, 0.2) is 42.5 Å². The molecule has 214 valence electrons. The van der Waals surface area contributed by atoms with Crippen LogP contribution < -0.4 is 4.90 Å². The number of carbonyl (C=O) groups excluding carboxylic acids is 1. The number of nitrogens with zero attached hydrogens (tertiary/aromatic N) is 3. The molecule has 0 fully saturated rings. The maximum Gasteiger partial charge on any atom is 0.416 e. The SMILES string of the molecule is CF.COCCN(CCCCc1ccc2c(n1)N(C(=O)OC(C)(C)C)CCC2C)Cc1ccccc1.SS. The molecule has 3 rings (SSSR count). The lowest BCUT2D eigenvalue weighted by atomic mass is 9.93. The van der Waals surface area contributed by atoms with E-state index in [1.165, 1.54) is 5.56 Å². The normalized spacial score (nSPS) is 14.6. The van der Waals surface area contributed by atoms with E-state index in [-0.39, 0.29) is 6.09 Å². The van der Waals surface area contributed by atoms with Crippen molar-refractivity contribution < 1.29 is 18.7 Å². The fourth-order valence-electron chi connectivity index (χ4n) is 4.29. The fourth-order valence-corrected chi connectivity index (χ4v) is 4.29. The number of unbranched alkanes of at least 4 members (excludes halogenated alkanes) is 1. The summed E-state index contributed by atoms with van der Waals surface area (Å²) in [6.45, 7) is 12.2. The minimum atomic E-state index is -0.521. The topological polar surface area (TPSA) is 54.9 Å². The van der Waals surface area contributed by atoms with Crippen molar-refractivity contribution in [3.63, 3.8) is 0 Å². The molecular formula is C29H46FN3O3S2. The van der Waals surface area contributed by atoms with Crippen LogP contribution in [0, 0.1) is 0 Å². The van der Waals surface area contributed by atoms with E-state index in [0.717, 1.165) is 69.0 Å². The number of alkyl halides is 1. The molecular weight excluding hydrogens is 521 g/mol. The van der Waals surface area contributed by atoms with Gasteiger partial charge in [-0.25, -0.2) is 9.78 Å². The molecule has 2 heterocycles. The molecule has 9 heteroatoms. The zero-order chi connectivity index (χ0) is 28.6. The lowest BCUT2D eigenvalue weighted by Gasteiger charge is -2.33. The fraction of sp³-hybridized carbons (Fsp3) is 0.586. The summed E-state index contributed by atoms with van der Waals surface area (Å²) >= 11 is 6.44. The summed E-state index contributed by atoms with van der Waals surface area (Å²) in [6.07, 6.45) is 3.65. The van der Waals surface area contributed by atoms with Gasteiger partial charge in [-0.15, -0.1) is 23.3 Å². The predicted molar refractivity (Wildman–Crippen MR) is 162 cm³/mol. The van der Waals surface area contributed by atoms with Gasteiger partial charge in [-0.2, -0.15) is 0 Å². The monoisotopic (exact) mass is 567 g/mol. The number of methoxy groups -OCH3 is 1. The van der Waals surface area contributed by atoms with Gasteiger partial charge in [0.1, 0.15) is 11.4 Å². The first kappa shape index (κ1) is 34.2. The second-order valence-corrected chi connectivity index (χ2v) is 10.2. The molecule has 0 saturated heterocycles. The summed E-state index contributed by atoms with van der Waals surface area (Å²) in [7, 11) is 2.25. The number of pyridine rings is 1. The molecule has 6 nitrogen and oxygen atoms in total.